The molecule has 8 heteroatoms. The molecule has 0 bridgehead atoms. The largest absolute Gasteiger partial charge is 0.322 e. The zero-order chi connectivity index (χ0) is 21.7. The standard InChI is InChI=1S/C22H24Cl2N2O3S/c1-16-9-11-18(15-20(16)30(28,29)26-13-4-2-3-5-14-26)25-21(27)12-10-17-7-6-8-19(23)22(17)24/h6-12,15H,2-5,13-14H2,1H3,(H,25,27)/b12-10+. The van der Waals surface area contributed by atoms with Gasteiger partial charge in [-0.25, -0.2) is 8.42 Å². The Morgan fingerprint density at radius 3 is 2.47 bits per heavy atom. The van der Waals surface area contributed by atoms with Crippen LogP contribution in [0.4, 0.5) is 5.69 Å². The van der Waals surface area contributed by atoms with Crippen LogP contribution in [0.3, 0.4) is 0 Å². The second-order valence-corrected chi connectivity index (χ2v) is 9.96. The molecule has 1 fully saturated rings. The van der Waals surface area contributed by atoms with E-state index in [4.69, 9.17) is 23.2 Å². The number of benzene rings is 2. The van der Waals surface area contributed by atoms with Crippen molar-refractivity contribution in [3.05, 3.63) is 63.6 Å². The Balaban J connectivity index is 1.78. The van der Waals surface area contributed by atoms with E-state index >= 15 is 0 Å². The van der Waals surface area contributed by atoms with Crippen molar-refractivity contribution in [2.24, 2.45) is 0 Å². The topological polar surface area (TPSA) is 66.5 Å². The second-order valence-electron chi connectivity index (χ2n) is 7.26. The first kappa shape index (κ1) is 22.8. The van der Waals surface area contributed by atoms with Crippen molar-refractivity contribution in [2.45, 2.75) is 37.5 Å². The van der Waals surface area contributed by atoms with Crippen LogP contribution in [0.15, 0.2) is 47.4 Å². The summed E-state index contributed by atoms with van der Waals surface area (Å²) in [4.78, 5) is 12.6. The molecular formula is C22H24Cl2N2O3S. The minimum Gasteiger partial charge on any atom is -0.322 e. The lowest BCUT2D eigenvalue weighted by Crippen LogP contribution is -2.32. The molecule has 160 valence electrons. The highest BCUT2D eigenvalue weighted by molar-refractivity contribution is 7.89. The second kappa shape index (κ2) is 9.96. The number of halogens is 2. The molecule has 1 aliphatic heterocycles. The third kappa shape index (κ3) is 5.43. The number of anilines is 1. The molecule has 0 atom stereocenters. The van der Waals surface area contributed by atoms with Gasteiger partial charge in [0.1, 0.15) is 0 Å². The number of carbonyl (C=O) groups is 1. The number of aryl methyl sites for hydroxylation is 1. The zero-order valence-corrected chi connectivity index (χ0v) is 19.0. The Morgan fingerprint density at radius 1 is 1.07 bits per heavy atom. The van der Waals surface area contributed by atoms with Crippen LogP contribution in [-0.2, 0) is 14.8 Å². The van der Waals surface area contributed by atoms with E-state index in [9.17, 15) is 13.2 Å². The van der Waals surface area contributed by atoms with Gasteiger partial charge in [0.05, 0.1) is 14.9 Å². The maximum absolute atomic E-state index is 13.2. The highest BCUT2D eigenvalue weighted by Gasteiger charge is 2.27. The zero-order valence-electron chi connectivity index (χ0n) is 16.7. The molecule has 0 aliphatic carbocycles. The lowest BCUT2D eigenvalue weighted by atomic mass is 10.2. The molecule has 3 rings (SSSR count). The molecule has 0 aromatic heterocycles. The van der Waals surface area contributed by atoms with E-state index in [2.05, 4.69) is 5.32 Å². The van der Waals surface area contributed by atoms with Crippen LogP contribution < -0.4 is 5.32 Å². The van der Waals surface area contributed by atoms with E-state index in [0.29, 0.717) is 39.9 Å². The predicted molar refractivity (Wildman–Crippen MR) is 123 cm³/mol. The van der Waals surface area contributed by atoms with Crippen LogP contribution in [-0.4, -0.2) is 31.7 Å². The lowest BCUT2D eigenvalue weighted by Gasteiger charge is -2.21. The Kier molecular flexibility index (Phi) is 7.58. The number of nitrogens with zero attached hydrogens (tertiary/aromatic N) is 1. The van der Waals surface area contributed by atoms with E-state index in [0.717, 1.165) is 25.7 Å². The lowest BCUT2D eigenvalue weighted by molar-refractivity contribution is -0.111. The monoisotopic (exact) mass is 466 g/mol. The van der Waals surface area contributed by atoms with Crippen molar-refractivity contribution < 1.29 is 13.2 Å². The number of sulfonamides is 1. The molecule has 0 unspecified atom stereocenters. The van der Waals surface area contributed by atoms with Crippen LogP contribution in [0, 0.1) is 6.92 Å². The fraction of sp³-hybridized carbons (Fsp3) is 0.318. The van der Waals surface area contributed by atoms with Gasteiger partial charge >= 0.3 is 0 Å². The Hall–Kier alpha value is -1.86. The van der Waals surface area contributed by atoms with Crippen molar-refractivity contribution in [1.29, 1.82) is 0 Å². The molecule has 5 nitrogen and oxygen atoms in total. The van der Waals surface area contributed by atoms with Crippen LogP contribution in [0.5, 0.6) is 0 Å². The van der Waals surface area contributed by atoms with Gasteiger partial charge in [0.25, 0.3) is 0 Å². The summed E-state index contributed by atoms with van der Waals surface area (Å²) in [6.45, 7) is 2.82. The third-order valence-corrected chi connectivity index (χ3v) is 7.91. The van der Waals surface area contributed by atoms with Gasteiger partial charge in [-0.2, -0.15) is 4.31 Å². The summed E-state index contributed by atoms with van der Waals surface area (Å²) < 4.78 is 27.9. The minimum absolute atomic E-state index is 0.226. The molecule has 0 spiro atoms. The Labute approximate surface area is 187 Å². The third-order valence-electron chi connectivity index (χ3n) is 5.03. The van der Waals surface area contributed by atoms with E-state index < -0.39 is 15.9 Å². The highest BCUT2D eigenvalue weighted by atomic mass is 35.5. The molecule has 1 N–H and O–H groups in total. The van der Waals surface area contributed by atoms with E-state index in [1.165, 1.54) is 12.1 Å². The Morgan fingerprint density at radius 2 is 1.77 bits per heavy atom. The fourth-order valence-corrected chi connectivity index (χ4v) is 5.51. The van der Waals surface area contributed by atoms with E-state index in [1.54, 1.807) is 47.6 Å². The molecule has 0 saturated carbocycles. The number of rotatable bonds is 5. The number of amides is 1. The molecule has 1 aliphatic rings. The van der Waals surface area contributed by atoms with E-state index in [1.807, 2.05) is 0 Å². The fourth-order valence-electron chi connectivity index (χ4n) is 3.38. The molecule has 0 radical (unpaired) electrons. The molecule has 1 heterocycles. The molecule has 1 amide bonds. The van der Waals surface area contributed by atoms with Gasteiger partial charge in [0.2, 0.25) is 15.9 Å². The van der Waals surface area contributed by atoms with Gasteiger partial charge in [-0.3, -0.25) is 4.79 Å². The van der Waals surface area contributed by atoms with E-state index in [-0.39, 0.29) is 4.90 Å². The van der Waals surface area contributed by atoms with Gasteiger partial charge in [-0.1, -0.05) is 54.2 Å². The van der Waals surface area contributed by atoms with Crippen molar-refractivity contribution in [1.82, 2.24) is 4.31 Å². The smallest absolute Gasteiger partial charge is 0.248 e. The first-order valence-corrected chi connectivity index (χ1v) is 12.0. The molecule has 2 aromatic rings. The first-order valence-electron chi connectivity index (χ1n) is 9.83. The minimum atomic E-state index is -3.61. The summed E-state index contributed by atoms with van der Waals surface area (Å²) in [6.07, 6.45) is 6.72. The van der Waals surface area contributed by atoms with Crippen LogP contribution in [0.2, 0.25) is 10.0 Å². The highest BCUT2D eigenvalue weighted by Crippen LogP contribution is 2.27. The SMILES string of the molecule is Cc1ccc(NC(=O)/C=C/c2cccc(Cl)c2Cl)cc1S(=O)(=O)N1CCCCCC1. The number of nitrogens with one attached hydrogen (secondary N) is 1. The average Bonchev–Trinajstić information content (AvgIpc) is 3.00. The summed E-state index contributed by atoms with van der Waals surface area (Å²) in [7, 11) is -3.61. The van der Waals surface area contributed by atoms with Crippen molar-refractivity contribution >= 4 is 50.9 Å². The van der Waals surface area contributed by atoms with Gasteiger partial charge in [-0.05, 0) is 55.2 Å². The summed E-state index contributed by atoms with van der Waals surface area (Å²) >= 11 is 12.1. The van der Waals surface area contributed by atoms with Gasteiger partial charge in [-0.15, -0.1) is 0 Å². The van der Waals surface area contributed by atoms with Gasteiger partial charge in [0, 0.05) is 24.9 Å². The number of hydrogen-bond acceptors (Lipinski definition) is 3. The summed E-state index contributed by atoms with van der Waals surface area (Å²) in [6, 6.07) is 10.1. The summed E-state index contributed by atoms with van der Waals surface area (Å²) in [5, 5.41) is 3.49. The predicted octanol–water partition coefficient (Wildman–Crippen LogP) is 5.52. The van der Waals surface area contributed by atoms with Gasteiger partial charge < -0.3 is 5.32 Å². The molecule has 1 saturated heterocycles. The molecular weight excluding hydrogens is 443 g/mol. The first-order chi connectivity index (χ1) is 14.3. The Bertz CT molecular complexity index is 1060. The summed E-state index contributed by atoms with van der Waals surface area (Å²) in [5.41, 5.74) is 1.69. The normalized spacial score (nSPS) is 15.8. The van der Waals surface area contributed by atoms with Crippen LogP contribution >= 0.6 is 23.2 Å². The summed E-state index contributed by atoms with van der Waals surface area (Å²) in [5.74, 6) is -0.395. The number of hydrogen-bond donors (Lipinski definition) is 1. The quantitative estimate of drug-likeness (QED) is 0.589. The number of carbonyl (C=O) groups excluding carboxylic acids is 1. The van der Waals surface area contributed by atoms with Gasteiger partial charge in [0.15, 0.2) is 0 Å². The maximum Gasteiger partial charge on any atom is 0.248 e. The maximum atomic E-state index is 13.2. The van der Waals surface area contributed by atoms with Crippen molar-refractivity contribution in [3.63, 3.8) is 0 Å². The average molecular weight is 467 g/mol. The molecule has 30 heavy (non-hydrogen) atoms. The van der Waals surface area contributed by atoms with Crippen molar-refractivity contribution in [2.75, 3.05) is 18.4 Å². The van der Waals surface area contributed by atoms with Crippen molar-refractivity contribution in [3.8, 4) is 0 Å². The van der Waals surface area contributed by atoms with Crippen LogP contribution in [0.1, 0.15) is 36.8 Å². The molecule has 2 aromatic carbocycles. The van der Waals surface area contributed by atoms with Crippen LogP contribution in [0.25, 0.3) is 6.08 Å².